The van der Waals surface area contributed by atoms with Crippen molar-refractivity contribution in [1.82, 2.24) is 0 Å². The van der Waals surface area contributed by atoms with Crippen molar-refractivity contribution in [2.75, 3.05) is 11.1 Å². The molecule has 2 nitrogen and oxygen atoms in total. The number of anilines is 3. The van der Waals surface area contributed by atoms with Crippen LogP contribution in [0.3, 0.4) is 0 Å². The molecule has 0 amide bonds. The highest BCUT2D eigenvalue weighted by Crippen LogP contribution is 2.30. The molecule has 0 heterocycles. The highest BCUT2D eigenvalue weighted by atomic mass is 79.9. The molecular formula is C12H9Br2ClN2. The van der Waals surface area contributed by atoms with Gasteiger partial charge < -0.3 is 11.1 Å². The Morgan fingerprint density at radius 2 is 1.82 bits per heavy atom. The Labute approximate surface area is 121 Å². The van der Waals surface area contributed by atoms with Crippen molar-refractivity contribution in [3.63, 3.8) is 0 Å². The molecule has 0 bridgehead atoms. The fourth-order valence-corrected chi connectivity index (χ4v) is 2.25. The van der Waals surface area contributed by atoms with E-state index in [1.165, 1.54) is 0 Å². The van der Waals surface area contributed by atoms with Gasteiger partial charge in [0.25, 0.3) is 0 Å². The highest BCUT2D eigenvalue weighted by Gasteiger charge is 2.02. The van der Waals surface area contributed by atoms with Gasteiger partial charge in [-0.05, 0) is 52.3 Å². The lowest BCUT2D eigenvalue weighted by atomic mass is 10.2. The summed E-state index contributed by atoms with van der Waals surface area (Å²) in [6.45, 7) is 0. The van der Waals surface area contributed by atoms with Crippen LogP contribution in [-0.2, 0) is 0 Å². The lowest BCUT2D eigenvalue weighted by Crippen LogP contribution is -1.96. The first-order valence-electron chi connectivity index (χ1n) is 4.83. The van der Waals surface area contributed by atoms with E-state index < -0.39 is 0 Å². The van der Waals surface area contributed by atoms with Crippen molar-refractivity contribution in [3.05, 3.63) is 50.4 Å². The topological polar surface area (TPSA) is 38.0 Å². The van der Waals surface area contributed by atoms with Gasteiger partial charge in [0.05, 0.1) is 16.4 Å². The molecule has 0 radical (unpaired) electrons. The van der Waals surface area contributed by atoms with E-state index in [-0.39, 0.29) is 0 Å². The van der Waals surface area contributed by atoms with Crippen molar-refractivity contribution in [2.45, 2.75) is 0 Å². The van der Waals surface area contributed by atoms with Crippen LogP contribution in [-0.4, -0.2) is 0 Å². The maximum Gasteiger partial charge on any atom is 0.0618 e. The van der Waals surface area contributed by atoms with Gasteiger partial charge in [-0.1, -0.05) is 27.5 Å². The zero-order valence-electron chi connectivity index (χ0n) is 8.68. The first kappa shape index (κ1) is 12.7. The Morgan fingerprint density at radius 1 is 1.06 bits per heavy atom. The van der Waals surface area contributed by atoms with E-state index in [0.29, 0.717) is 10.7 Å². The van der Waals surface area contributed by atoms with Crippen molar-refractivity contribution in [2.24, 2.45) is 0 Å². The van der Waals surface area contributed by atoms with Gasteiger partial charge in [0.15, 0.2) is 0 Å². The molecule has 5 heteroatoms. The third kappa shape index (κ3) is 3.15. The minimum absolute atomic E-state index is 0.680. The third-order valence-corrected chi connectivity index (χ3v) is 3.92. The molecule has 17 heavy (non-hydrogen) atoms. The first-order valence-corrected chi connectivity index (χ1v) is 6.80. The molecule has 0 fully saturated rings. The second-order valence-electron chi connectivity index (χ2n) is 3.49. The van der Waals surface area contributed by atoms with Crippen LogP contribution in [0.5, 0.6) is 0 Å². The summed E-state index contributed by atoms with van der Waals surface area (Å²) < 4.78 is 1.80. The molecule has 2 aromatic carbocycles. The fourth-order valence-electron chi connectivity index (χ4n) is 1.38. The van der Waals surface area contributed by atoms with Crippen LogP contribution >= 0.6 is 43.5 Å². The van der Waals surface area contributed by atoms with Crippen LogP contribution in [0.15, 0.2) is 45.3 Å². The second kappa shape index (κ2) is 5.29. The predicted octanol–water partition coefficient (Wildman–Crippen LogP) is 5.19. The average Bonchev–Trinajstić information content (AvgIpc) is 2.27. The van der Waals surface area contributed by atoms with Crippen molar-refractivity contribution >= 4 is 60.5 Å². The summed E-state index contributed by atoms with van der Waals surface area (Å²) in [7, 11) is 0. The lowest BCUT2D eigenvalue weighted by molar-refractivity contribution is 1.52. The maximum absolute atomic E-state index is 5.93. The lowest BCUT2D eigenvalue weighted by Gasteiger charge is -2.10. The van der Waals surface area contributed by atoms with Gasteiger partial charge in [0, 0.05) is 14.6 Å². The van der Waals surface area contributed by atoms with Gasteiger partial charge in [-0.2, -0.15) is 0 Å². The Bertz CT molecular complexity index is 558. The summed E-state index contributed by atoms with van der Waals surface area (Å²) in [4.78, 5) is 0. The van der Waals surface area contributed by atoms with Gasteiger partial charge >= 0.3 is 0 Å². The van der Waals surface area contributed by atoms with Crippen LogP contribution < -0.4 is 11.1 Å². The van der Waals surface area contributed by atoms with Crippen LogP contribution in [0, 0.1) is 0 Å². The van der Waals surface area contributed by atoms with Crippen molar-refractivity contribution in [3.8, 4) is 0 Å². The molecule has 0 aliphatic heterocycles. The number of benzene rings is 2. The summed E-state index contributed by atoms with van der Waals surface area (Å²) in [6.07, 6.45) is 0. The molecule has 88 valence electrons. The molecule has 0 unspecified atom stereocenters. The molecule has 0 aliphatic carbocycles. The quantitative estimate of drug-likeness (QED) is 0.708. The monoisotopic (exact) mass is 374 g/mol. The Balaban J connectivity index is 2.28. The third-order valence-electron chi connectivity index (χ3n) is 2.21. The van der Waals surface area contributed by atoms with Gasteiger partial charge in [-0.3, -0.25) is 0 Å². The standard InChI is InChI=1S/C12H9Br2ClN2/c13-7-1-4-12(11(16)5-7)17-8-2-3-10(15)9(14)6-8/h1-6,17H,16H2. The van der Waals surface area contributed by atoms with Crippen LogP contribution in [0.1, 0.15) is 0 Å². The summed E-state index contributed by atoms with van der Waals surface area (Å²) in [6, 6.07) is 11.3. The van der Waals surface area contributed by atoms with Gasteiger partial charge in [-0.25, -0.2) is 0 Å². The predicted molar refractivity (Wildman–Crippen MR) is 81.0 cm³/mol. The number of rotatable bonds is 2. The Morgan fingerprint density at radius 3 is 2.47 bits per heavy atom. The van der Waals surface area contributed by atoms with E-state index in [2.05, 4.69) is 37.2 Å². The smallest absolute Gasteiger partial charge is 0.0618 e. The molecule has 3 N–H and O–H groups in total. The number of hydrogen-bond donors (Lipinski definition) is 2. The molecule has 0 aliphatic rings. The molecule has 0 spiro atoms. The highest BCUT2D eigenvalue weighted by molar-refractivity contribution is 9.10. The van der Waals surface area contributed by atoms with E-state index >= 15 is 0 Å². The molecule has 0 aromatic heterocycles. The fraction of sp³-hybridized carbons (Fsp3) is 0. The minimum atomic E-state index is 0.680. The first-order chi connectivity index (χ1) is 8.06. The molecule has 0 saturated carbocycles. The Kier molecular flexibility index (Phi) is 3.97. The largest absolute Gasteiger partial charge is 0.397 e. The maximum atomic E-state index is 5.93. The molecule has 2 rings (SSSR count). The second-order valence-corrected chi connectivity index (χ2v) is 5.66. The number of hydrogen-bond acceptors (Lipinski definition) is 2. The van der Waals surface area contributed by atoms with E-state index in [4.69, 9.17) is 17.3 Å². The zero-order chi connectivity index (χ0) is 12.4. The number of nitrogens with two attached hydrogens (primary N) is 1. The van der Waals surface area contributed by atoms with E-state index in [1.807, 2.05) is 36.4 Å². The SMILES string of the molecule is Nc1cc(Br)ccc1Nc1ccc(Cl)c(Br)c1. The minimum Gasteiger partial charge on any atom is -0.397 e. The summed E-state index contributed by atoms with van der Waals surface area (Å²) in [5.74, 6) is 0. The molecule has 0 saturated heterocycles. The van der Waals surface area contributed by atoms with Crippen LogP contribution in [0.4, 0.5) is 17.1 Å². The number of nitrogen functional groups attached to an aromatic ring is 1. The van der Waals surface area contributed by atoms with E-state index in [9.17, 15) is 0 Å². The summed E-state index contributed by atoms with van der Waals surface area (Å²) in [5.41, 5.74) is 8.38. The van der Waals surface area contributed by atoms with E-state index in [1.54, 1.807) is 0 Å². The van der Waals surface area contributed by atoms with Gasteiger partial charge in [0.1, 0.15) is 0 Å². The molecular weight excluding hydrogens is 367 g/mol. The number of nitrogens with one attached hydrogen (secondary N) is 1. The average molecular weight is 376 g/mol. The molecule has 2 aromatic rings. The Hall–Kier alpha value is -0.710. The van der Waals surface area contributed by atoms with Crippen LogP contribution in [0.2, 0.25) is 5.02 Å². The van der Waals surface area contributed by atoms with Crippen LogP contribution in [0.25, 0.3) is 0 Å². The normalized spacial score (nSPS) is 10.3. The summed E-state index contributed by atoms with van der Waals surface area (Å²) in [5, 5.41) is 3.91. The van der Waals surface area contributed by atoms with Crippen molar-refractivity contribution < 1.29 is 0 Å². The van der Waals surface area contributed by atoms with E-state index in [0.717, 1.165) is 20.3 Å². The zero-order valence-corrected chi connectivity index (χ0v) is 12.6. The number of halogens is 3. The summed E-state index contributed by atoms with van der Waals surface area (Å²) >= 11 is 12.7. The van der Waals surface area contributed by atoms with Gasteiger partial charge in [-0.15, -0.1) is 0 Å². The van der Waals surface area contributed by atoms with Gasteiger partial charge in [0.2, 0.25) is 0 Å². The molecule has 0 atom stereocenters. The van der Waals surface area contributed by atoms with Crippen molar-refractivity contribution in [1.29, 1.82) is 0 Å².